The summed E-state index contributed by atoms with van der Waals surface area (Å²) < 4.78 is 4.43. The molecule has 0 saturated heterocycles. The second-order valence-corrected chi connectivity index (χ2v) is 3.10. The Bertz CT molecular complexity index is 279. The van der Waals surface area contributed by atoms with Gasteiger partial charge in [-0.05, 0) is 5.56 Å². The number of carboxylic acid groups (broad SMARTS) is 1. The fraction of sp³-hybridized carbons (Fsp3) is 0.222. The summed E-state index contributed by atoms with van der Waals surface area (Å²) >= 11 is 3.98. The molecule has 14 heavy (non-hydrogen) atoms. The van der Waals surface area contributed by atoms with Gasteiger partial charge in [-0.3, -0.25) is 0 Å². The minimum absolute atomic E-state index is 0. The van der Waals surface area contributed by atoms with Gasteiger partial charge in [0.2, 0.25) is 0 Å². The zero-order valence-electron chi connectivity index (χ0n) is 7.29. The SMILES string of the molecule is Cl.O=C(O)OC(S)Cc1ccccc1. The molecule has 0 radical (unpaired) electrons. The number of carbonyl (C=O) groups is 1. The predicted octanol–water partition coefficient (Wildman–Crippen LogP) is 2.60. The summed E-state index contributed by atoms with van der Waals surface area (Å²) in [6.07, 6.45) is -0.813. The maximum Gasteiger partial charge on any atom is 0.506 e. The average molecular weight is 235 g/mol. The Balaban J connectivity index is 0.00000169. The van der Waals surface area contributed by atoms with Crippen molar-refractivity contribution < 1.29 is 14.6 Å². The normalized spacial score (nSPS) is 11.2. The second-order valence-electron chi connectivity index (χ2n) is 2.53. The van der Waals surface area contributed by atoms with Crippen molar-refractivity contribution in [2.75, 3.05) is 0 Å². The Hall–Kier alpha value is -0.870. The van der Waals surface area contributed by atoms with Crippen molar-refractivity contribution in [3.8, 4) is 0 Å². The lowest BCUT2D eigenvalue weighted by molar-refractivity contribution is 0.0829. The third-order valence-electron chi connectivity index (χ3n) is 1.49. The van der Waals surface area contributed by atoms with Crippen LogP contribution in [0.15, 0.2) is 30.3 Å². The number of thiol groups is 1. The van der Waals surface area contributed by atoms with E-state index in [1.165, 1.54) is 0 Å². The molecule has 5 heteroatoms. The topological polar surface area (TPSA) is 46.5 Å². The molecule has 78 valence electrons. The van der Waals surface area contributed by atoms with Crippen molar-refractivity contribution in [3.05, 3.63) is 35.9 Å². The van der Waals surface area contributed by atoms with E-state index in [4.69, 9.17) is 5.11 Å². The van der Waals surface area contributed by atoms with Gasteiger partial charge in [0.25, 0.3) is 0 Å². The zero-order valence-corrected chi connectivity index (χ0v) is 9.00. The van der Waals surface area contributed by atoms with Crippen molar-refractivity contribution >= 4 is 31.2 Å². The summed E-state index contributed by atoms with van der Waals surface area (Å²) in [6.45, 7) is 0. The van der Waals surface area contributed by atoms with Gasteiger partial charge in [0.15, 0.2) is 5.44 Å². The number of halogens is 1. The van der Waals surface area contributed by atoms with Crippen LogP contribution in [-0.4, -0.2) is 16.7 Å². The minimum atomic E-state index is -1.30. The van der Waals surface area contributed by atoms with Gasteiger partial charge in [-0.25, -0.2) is 4.79 Å². The number of benzene rings is 1. The van der Waals surface area contributed by atoms with Gasteiger partial charge in [0.1, 0.15) is 0 Å². The van der Waals surface area contributed by atoms with E-state index in [9.17, 15) is 4.79 Å². The zero-order chi connectivity index (χ0) is 9.68. The molecule has 0 bridgehead atoms. The molecule has 0 aromatic heterocycles. The second kappa shape index (κ2) is 6.56. The first-order valence-electron chi connectivity index (χ1n) is 3.80. The summed E-state index contributed by atoms with van der Waals surface area (Å²) in [6, 6.07) is 9.46. The van der Waals surface area contributed by atoms with E-state index < -0.39 is 11.6 Å². The fourth-order valence-electron chi connectivity index (χ4n) is 0.974. The monoisotopic (exact) mass is 234 g/mol. The third-order valence-corrected chi connectivity index (χ3v) is 1.78. The van der Waals surface area contributed by atoms with Gasteiger partial charge in [0.05, 0.1) is 0 Å². The standard InChI is InChI=1S/C9H10O3S.ClH/c10-9(11)12-8(13)6-7-4-2-1-3-5-7;/h1-5,8,13H,6H2,(H,10,11);1H. The number of ether oxygens (including phenoxy) is 1. The summed E-state index contributed by atoms with van der Waals surface area (Å²) in [5, 5.41) is 8.29. The first kappa shape index (κ1) is 13.1. The highest BCUT2D eigenvalue weighted by atomic mass is 35.5. The smallest absolute Gasteiger partial charge is 0.450 e. The highest BCUT2D eigenvalue weighted by Crippen LogP contribution is 2.08. The van der Waals surface area contributed by atoms with Crippen molar-refractivity contribution in [1.82, 2.24) is 0 Å². The van der Waals surface area contributed by atoms with Crippen molar-refractivity contribution in [1.29, 1.82) is 0 Å². The highest BCUT2D eigenvalue weighted by molar-refractivity contribution is 7.80. The molecule has 1 atom stereocenters. The first-order chi connectivity index (χ1) is 6.18. The van der Waals surface area contributed by atoms with Crippen LogP contribution in [0.25, 0.3) is 0 Å². The number of rotatable bonds is 3. The lowest BCUT2D eigenvalue weighted by Gasteiger charge is -2.08. The Kier molecular flexibility index (Phi) is 6.16. The molecular formula is C9H11ClO3S. The molecule has 0 spiro atoms. The number of hydrogen-bond donors (Lipinski definition) is 2. The summed E-state index contributed by atoms with van der Waals surface area (Å²) in [4.78, 5) is 10.1. The maximum atomic E-state index is 10.1. The Morgan fingerprint density at radius 2 is 2.00 bits per heavy atom. The van der Waals surface area contributed by atoms with Crippen molar-refractivity contribution in [3.63, 3.8) is 0 Å². The Labute approximate surface area is 93.9 Å². The fourth-order valence-corrected chi connectivity index (χ4v) is 1.27. The quantitative estimate of drug-likeness (QED) is 0.480. The Morgan fingerprint density at radius 1 is 1.43 bits per heavy atom. The van der Waals surface area contributed by atoms with E-state index in [0.29, 0.717) is 6.42 Å². The lowest BCUT2D eigenvalue weighted by Crippen LogP contribution is -2.13. The van der Waals surface area contributed by atoms with E-state index in [2.05, 4.69) is 17.4 Å². The average Bonchev–Trinajstić information content (AvgIpc) is 2.04. The van der Waals surface area contributed by atoms with E-state index in [1.54, 1.807) is 0 Å². The number of hydrogen-bond acceptors (Lipinski definition) is 3. The van der Waals surface area contributed by atoms with Gasteiger partial charge < -0.3 is 9.84 Å². The molecule has 0 aliphatic heterocycles. The first-order valence-corrected chi connectivity index (χ1v) is 4.31. The molecule has 0 amide bonds. The van der Waals surface area contributed by atoms with E-state index in [-0.39, 0.29) is 12.4 Å². The van der Waals surface area contributed by atoms with Crippen LogP contribution < -0.4 is 0 Å². The van der Waals surface area contributed by atoms with Crippen LogP contribution in [-0.2, 0) is 11.2 Å². The lowest BCUT2D eigenvalue weighted by atomic mass is 10.2. The van der Waals surface area contributed by atoms with Crippen molar-refractivity contribution in [2.45, 2.75) is 11.9 Å². The molecule has 1 aromatic rings. The van der Waals surface area contributed by atoms with Crippen LogP contribution in [0.3, 0.4) is 0 Å². The van der Waals surface area contributed by atoms with Gasteiger partial charge in [0, 0.05) is 6.42 Å². The van der Waals surface area contributed by atoms with Gasteiger partial charge in [-0.2, -0.15) is 0 Å². The molecule has 1 rings (SSSR count). The molecule has 0 heterocycles. The molecule has 1 aromatic carbocycles. The van der Waals surface area contributed by atoms with Gasteiger partial charge in [-0.1, -0.05) is 30.3 Å². The molecular weight excluding hydrogens is 224 g/mol. The van der Waals surface area contributed by atoms with E-state index in [0.717, 1.165) is 5.56 Å². The Morgan fingerprint density at radius 3 is 2.50 bits per heavy atom. The third kappa shape index (κ3) is 4.99. The maximum absolute atomic E-state index is 10.1. The molecule has 1 N–H and O–H groups in total. The summed E-state index contributed by atoms with van der Waals surface area (Å²) in [5.41, 5.74) is 0.406. The molecule has 0 saturated carbocycles. The molecule has 0 fully saturated rings. The predicted molar refractivity (Wildman–Crippen MR) is 59.3 cm³/mol. The van der Waals surface area contributed by atoms with Crippen LogP contribution in [0.2, 0.25) is 0 Å². The molecule has 3 nitrogen and oxygen atoms in total. The summed E-state index contributed by atoms with van der Waals surface area (Å²) in [5.74, 6) is 0. The van der Waals surface area contributed by atoms with Crippen LogP contribution >= 0.6 is 25.0 Å². The molecule has 0 aliphatic carbocycles. The largest absolute Gasteiger partial charge is 0.506 e. The van der Waals surface area contributed by atoms with Crippen LogP contribution in [0.5, 0.6) is 0 Å². The van der Waals surface area contributed by atoms with Gasteiger partial charge >= 0.3 is 6.16 Å². The highest BCUT2D eigenvalue weighted by Gasteiger charge is 2.08. The minimum Gasteiger partial charge on any atom is -0.450 e. The summed E-state index contributed by atoms with van der Waals surface area (Å²) in [7, 11) is 0. The van der Waals surface area contributed by atoms with Crippen LogP contribution in [0.1, 0.15) is 5.56 Å². The van der Waals surface area contributed by atoms with Crippen LogP contribution in [0.4, 0.5) is 4.79 Å². The van der Waals surface area contributed by atoms with Crippen LogP contribution in [0, 0.1) is 0 Å². The van der Waals surface area contributed by atoms with E-state index >= 15 is 0 Å². The van der Waals surface area contributed by atoms with Gasteiger partial charge in [-0.15, -0.1) is 25.0 Å². The van der Waals surface area contributed by atoms with Crippen molar-refractivity contribution in [2.24, 2.45) is 0 Å². The molecule has 1 unspecified atom stereocenters. The molecule has 0 aliphatic rings. The van der Waals surface area contributed by atoms with E-state index in [1.807, 2.05) is 30.3 Å².